The zero-order valence-corrected chi connectivity index (χ0v) is 13.0. The topological polar surface area (TPSA) is 63.8 Å². The minimum atomic E-state index is 0.632. The third-order valence-electron chi connectivity index (χ3n) is 2.90. The van der Waals surface area contributed by atoms with Gasteiger partial charge in [0.1, 0.15) is 5.82 Å². The fraction of sp³-hybridized carbons (Fsp3) is 0.231. The van der Waals surface area contributed by atoms with Gasteiger partial charge in [0.2, 0.25) is 0 Å². The summed E-state index contributed by atoms with van der Waals surface area (Å²) in [6.07, 6.45) is 0.824. The van der Waals surface area contributed by atoms with Crippen molar-refractivity contribution in [3.8, 4) is 11.4 Å². The monoisotopic (exact) mass is 340 g/mol. The van der Waals surface area contributed by atoms with Gasteiger partial charge >= 0.3 is 0 Å². The van der Waals surface area contributed by atoms with Crippen LogP contribution in [0.3, 0.4) is 0 Å². The molecule has 3 N–H and O–H groups in total. The smallest absolute Gasteiger partial charge is 0.161 e. The van der Waals surface area contributed by atoms with Crippen LogP contribution in [0.2, 0.25) is 5.02 Å². The zero-order chi connectivity index (χ0) is 14.0. The molecule has 0 fully saturated rings. The van der Waals surface area contributed by atoms with E-state index in [9.17, 15) is 0 Å². The van der Waals surface area contributed by atoms with Gasteiger partial charge < -0.3 is 5.43 Å². The van der Waals surface area contributed by atoms with Gasteiger partial charge in [0.15, 0.2) is 5.82 Å². The van der Waals surface area contributed by atoms with E-state index in [0.29, 0.717) is 16.7 Å². The molecule has 6 heteroatoms. The fourth-order valence-corrected chi connectivity index (χ4v) is 2.31. The zero-order valence-electron chi connectivity index (χ0n) is 10.7. The second kappa shape index (κ2) is 5.86. The van der Waals surface area contributed by atoms with Gasteiger partial charge in [-0.25, -0.2) is 15.8 Å². The molecule has 0 spiro atoms. The number of halogens is 2. The molecule has 0 bridgehead atoms. The van der Waals surface area contributed by atoms with Crippen LogP contribution in [0.15, 0.2) is 22.7 Å². The Morgan fingerprint density at radius 3 is 2.68 bits per heavy atom. The lowest BCUT2D eigenvalue weighted by Crippen LogP contribution is -2.13. The Bertz CT molecular complexity index is 591. The molecule has 100 valence electrons. The molecule has 0 aliphatic heterocycles. The summed E-state index contributed by atoms with van der Waals surface area (Å²) in [7, 11) is 0. The largest absolute Gasteiger partial charge is 0.308 e. The lowest BCUT2D eigenvalue weighted by Gasteiger charge is -2.11. The maximum absolute atomic E-state index is 5.99. The number of hydrogen-bond donors (Lipinski definition) is 2. The van der Waals surface area contributed by atoms with Crippen molar-refractivity contribution >= 4 is 33.3 Å². The van der Waals surface area contributed by atoms with Crippen molar-refractivity contribution in [2.45, 2.75) is 20.3 Å². The van der Waals surface area contributed by atoms with E-state index < -0.39 is 0 Å². The maximum atomic E-state index is 5.99. The van der Waals surface area contributed by atoms with Crippen LogP contribution >= 0.6 is 27.5 Å². The molecule has 2 aromatic rings. The van der Waals surface area contributed by atoms with Crippen molar-refractivity contribution in [2.75, 3.05) is 5.43 Å². The van der Waals surface area contributed by atoms with Crippen molar-refractivity contribution in [2.24, 2.45) is 5.84 Å². The lowest BCUT2D eigenvalue weighted by molar-refractivity contribution is 0.973. The van der Waals surface area contributed by atoms with Crippen molar-refractivity contribution in [3.63, 3.8) is 0 Å². The maximum Gasteiger partial charge on any atom is 0.161 e. The van der Waals surface area contributed by atoms with Gasteiger partial charge in [0.25, 0.3) is 0 Å². The van der Waals surface area contributed by atoms with E-state index in [2.05, 4.69) is 38.2 Å². The lowest BCUT2D eigenvalue weighted by atomic mass is 10.1. The Hall–Kier alpha value is -1.17. The molecule has 0 atom stereocenters. The Morgan fingerprint density at radius 1 is 1.37 bits per heavy atom. The van der Waals surface area contributed by atoms with E-state index in [1.54, 1.807) is 0 Å². The number of benzene rings is 1. The molecule has 0 amide bonds. The first-order valence-corrected chi connectivity index (χ1v) is 7.03. The highest BCUT2D eigenvalue weighted by molar-refractivity contribution is 9.10. The molecule has 4 nitrogen and oxygen atoms in total. The number of hydrogen-bond acceptors (Lipinski definition) is 4. The summed E-state index contributed by atoms with van der Waals surface area (Å²) in [4.78, 5) is 9.00. The van der Waals surface area contributed by atoms with Crippen LogP contribution in [0.5, 0.6) is 0 Å². The number of nitrogen functional groups attached to an aromatic ring is 1. The first-order chi connectivity index (χ1) is 9.06. The Labute approximate surface area is 125 Å². The normalized spacial score (nSPS) is 10.6. The SMILES string of the molecule is CCc1nc(-c2ccc(Cl)c(Br)c2)nc(NN)c1C. The van der Waals surface area contributed by atoms with E-state index in [-0.39, 0.29) is 0 Å². The second-order valence-electron chi connectivity index (χ2n) is 4.09. The fourth-order valence-electron chi connectivity index (χ4n) is 1.81. The van der Waals surface area contributed by atoms with Gasteiger partial charge in [-0.1, -0.05) is 18.5 Å². The molecule has 2 rings (SSSR count). The molecule has 0 aliphatic rings. The first kappa shape index (κ1) is 14.2. The predicted octanol–water partition coefficient (Wildman–Crippen LogP) is 3.72. The second-order valence-corrected chi connectivity index (χ2v) is 5.36. The van der Waals surface area contributed by atoms with Crippen LogP contribution in [0.4, 0.5) is 5.82 Å². The van der Waals surface area contributed by atoms with Crippen LogP contribution in [0, 0.1) is 6.92 Å². The number of nitrogens with two attached hydrogens (primary N) is 1. The molecule has 0 saturated heterocycles. The summed E-state index contributed by atoms with van der Waals surface area (Å²) in [6.45, 7) is 4.01. The van der Waals surface area contributed by atoms with Crippen LogP contribution in [0.25, 0.3) is 11.4 Å². The number of nitrogens with one attached hydrogen (secondary N) is 1. The number of anilines is 1. The van der Waals surface area contributed by atoms with Crippen molar-refractivity contribution < 1.29 is 0 Å². The van der Waals surface area contributed by atoms with Gasteiger partial charge in [-0.2, -0.15) is 0 Å². The Balaban J connectivity index is 2.58. The molecular formula is C13H14BrClN4. The highest BCUT2D eigenvalue weighted by atomic mass is 79.9. The third-order valence-corrected chi connectivity index (χ3v) is 4.11. The molecular weight excluding hydrogens is 328 g/mol. The van der Waals surface area contributed by atoms with Crippen LogP contribution in [0.1, 0.15) is 18.2 Å². The van der Waals surface area contributed by atoms with Crippen LogP contribution in [-0.2, 0) is 6.42 Å². The van der Waals surface area contributed by atoms with E-state index in [4.69, 9.17) is 17.4 Å². The molecule has 1 aromatic heterocycles. The highest BCUT2D eigenvalue weighted by Crippen LogP contribution is 2.28. The average Bonchev–Trinajstić information content (AvgIpc) is 2.42. The van der Waals surface area contributed by atoms with Gasteiger partial charge in [-0.3, -0.25) is 0 Å². The van der Waals surface area contributed by atoms with Gasteiger partial charge in [-0.05, 0) is 47.5 Å². The van der Waals surface area contributed by atoms with Crippen LogP contribution < -0.4 is 11.3 Å². The van der Waals surface area contributed by atoms with E-state index in [0.717, 1.165) is 27.7 Å². The summed E-state index contributed by atoms with van der Waals surface area (Å²) >= 11 is 9.39. The van der Waals surface area contributed by atoms with E-state index in [1.807, 2.05) is 25.1 Å². The number of rotatable bonds is 3. The number of nitrogens with zero attached hydrogens (tertiary/aromatic N) is 2. The van der Waals surface area contributed by atoms with Gasteiger partial charge in [0.05, 0.1) is 5.02 Å². The van der Waals surface area contributed by atoms with Gasteiger partial charge in [-0.15, -0.1) is 0 Å². The number of aromatic nitrogens is 2. The quantitative estimate of drug-likeness (QED) is 0.660. The minimum absolute atomic E-state index is 0.632. The van der Waals surface area contributed by atoms with Crippen LogP contribution in [-0.4, -0.2) is 9.97 Å². The molecule has 1 heterocycles. The molecule has 0 unspecified atom stereocenters. The summed E-state index contributed by atoms with van der Waals surface area (Å²) in [5, 5.41) is 0.656. The molecule has 0 saturated carbocycles. The predicted molar refractivity (Wildman–Crippen MR) is 82.1 cm³/mol. The Kier molecular flexibility index (Phi) is 4.39. The number of hydrazine groups is 1. The molecule has 1 aromatic carbocycles. The van der Waals surface area contributed by atoms with E-state index >= 15 is 0 Å². The minimum Gasteiger partial charge on any atom is -0.308 e. The summed E-state index contributed by atoms with van der Waals surface area (Å²) in [5.74, 6) is 6.78. The highest BCUT2D eigenvalue weighted by Gasteiger charge is 2.11. The van der Waals surface area contributed by atoms with Crippen molar-refractivity contribution in [1.82, 2.24) is 9.97 Å². The molecule has 0 aliphatic carbocycles. The standard InChI is InChI=1S/C13H14BrClN4/c1-3-11-7(2)12(19-16)18-13(17-11)8-4-5-10(15)9(14)6-8/h4-6H,3,16H2,1-2H3,(H,17,18,19). The summed E-state index contributed by atoms with van der Waals surface area (Å²) in [6, 6.07) is 5.59. The van der Waals surface area contributed by atoms with Gasteiger partial charge in [0, 0.05) is 21.3 Å². The Morgan fingerprint density at radius 2 is 2.11 bits per heavy atom. The van der Waals surface area contributed by atoms with Crippen molar-refractivity contribution in [1.29, 1.82) is 0 Å². The first-order valence-electron chi connectivity index (χ1n) is 5.86. The molecule has 0 radical (unpaired) electrons. The average molecular weight is 342 g/mol. The van der Waals surface area contributed by atoms with Crippen molar-refractivity contribution in [3.05, 3.63) is 39.0 Å². The molecule has 19 heavy (non-hydrogen) atoms. The summed E-state index contributed by atoms with van der Waals surface area (Å²) < 4.78 is 0.816. The van der Waals surface area contributed by atoms with E-state index in [1.165, 1.54) is 0 Å². The summed E-state index contributed by atoms with van der Waals surface area (Å²) in [5.41, 5.74) is 5.46. The number of aryl methyl sites for hydroxylation is 1. The third kappa shape index (κ3) is 2.88.